The van der Waals surface area contributed by atoms with Crippen LogP contribution in [0.2, 0.25) is 0 Å². The third-order valence-corrected chi connectivity index (χ3v) is 25.0. The van der Waals surface area contributed by atoms with Crippen molar-refractivity contribution in [3.63, 3.8) is 0 Å². The SMILES string of the molecule is C[C@H](NC(=O)[C@H](Cc1ccc(OCc2ccccc2)cc1)NC(=O)CCCCCNC(=O)CCCCCNC(=O)CCCCCNC(=O)CCCCCNC(=O)CCCCCNC(=O)CCCCC(=O)N[C@@H](Cc1ccc(OCc2ccccc2)cc1)C(=O)N[C@@H](C)C(=O)N[C@@H](C[C@]1(O)C(=O)Nc2ccccc21)C(=O)NCc1ccccc1)C(=O)N[C@@H](C[C@]1(O)C(=O)Nc2ccccc21)C(=O)NCc1ccccc1. The summed E-state index contributed by atoms with van der Waals surface area (Å²) in [4.78, 5) is 201. The molecule has 2 aliphatic heterocycles. The number of ether oxygens (including phenoxy) is 2. The summed E-state index contributed by atoms with van der Waals surface area (Å²) in [6, 6.07) is 56.7. The number of unbranched alkanes of at least 4 members (excludes halogenated alkanes) is 11. The number of amides is 15. The van der Waals surface area contributed by atoms with Gasteiger partial charge in [-0.1, -0.05) is 214 Å². The zero-order valence-corrected chi connectivity index (χ0v) is 82.2. The van der Waals surface area contributed by atoms with E-state index in [1.54, 1.807) is 146 Å². The van der Waals surface area contributed by atoms with E-state index in [0.717, 1.165) is 60.8 Å². The molecule has 17 N–H and O–H groups in total. The van der Waals surface area contributed by atoms with E-state index in [9.17, 15) is 82.1 Å². The Balaban J connectivity index is 0.521. The molecule has 0 unspecified atom stereocenters. The van der Waals surface area contributed by atoms with E-state index in [4.69, 9.17) is 9.47 Å². The average Bonchev–Trinajstić information content (AvgIpc) is 1.61. The molecule has 8 atom stereocenters. The number of fused-ring (bicyclic) bond motifs is 2. The number of carbonyl (C=O) groups excluding carboxylic acids is 15. The smallest absolute Gasteiger partial charge is 0.261 e. The van der Waals surface area contributed by atoms with E-state index in [2.05, 4.69) is 79.8 Å². The topological polar surface area (TPSA) is 495 Å². The largest absolute Gasteiger partial charge is 0.489 e. The Morgan fingerprint density at radius 2 is 0.542 bits per heavy atom. The van der Waals surface area contributed by atoms with Crippen LogP contribution in [0, 0.1) is 0 Å². The quantitative estimate of drug-likeness (QED) is 0.0158. The van der Waals surface area contributed by atoms with Crippen molar-refractivity contribution in [1.29, 1.82) is 0 Å². The first kappa shape index (κ1) is 111. The third kappa shape index (κ3) is 38.6. The highest BCUT2D eigenvalue weighted by atomic mass is 16.5. The number of para-hydroxylation sites is 2. The number of anilines is 2. The Morgan fingerprint density at radius 1 is 0.271 bits per heavy atom. The molecule has 10 rings (SSSR count). The van der Waals surface area contributed by atoms with E-state index in [0.29, 0.717) is 176 Å². The number of hydrogen-bond acceptors (Lipinski definition) is 19. The van der Waals surface area contributed by atoms with Gasteiger partial charge >= 0.3 is 0 Å². The first-order chi connectivity index (χ1) is 69.7. The molecule has 34 nitrogen and oxygen atoms in total. The van der Waals surface area contributed by atoms with Gasteiger partial charge in [0.2, 0.25) is 76.8 Å². The molecule has 768 valence electrons. The first-order valence-electron chi connectivity index (χ1n) is 50.2. The van der Waals surface area contributed by atoms with E-state index < -0.39 is 119 Å². The van der Waals surface area contributed by atoms with Crippen LogP contribution in [-0.4, -0.2) is 168 Å². The Labute approximate surface area is 841 Å². The fourth-order valence-electron chi connectivity index (χ4n) is 16.6. The molecule has 34 heteroatoms. The molecule has 2 heterocycles. The van der Waals surface area contributed by atoms with Crippen LogP contribution >= 0.6 is 0 Å². The van der Waals surface area contributed by atoms with Crippen molar-refractivity contribution < 1.29 is 91.6 Å². The maximum atomic E-state index is 14.2. The zero-order valence-electron chi connectivity index (χ0n) is 82.2. The second kappa shape index (κ2) is 59.9. The zero-order chi connectivity index (χ0) is 103. The van der Waals surface area contributed by atoms with Crippen LogP contribution in [0.1, 0.15) is 225 Å². The monoisotopic (exact) mass is 1970 g/mol. The van der Waals surface area contributed by atoms with Gasteiger partial charge in [-0.25, -0.2) is 0 Å². The van der Waals surface area contributed by atoms with Gasteiger partial charge in [0, 0.05) is 139 Å². The van der Waals surface area contributed by atoms with E-state index >= 15 is 0 Å². The lowest BCUT2D eigenvalue weighted by atomic mass is 9.88. The minimum atomic E-state index is -2.19. The van der Waals surface area contributed by atoms with Gasteiger partial charge in [-0.2, -0.15) is 0 Å². The Morgan fingerprint density at radius 3 is 0.847 bits per heavy atom. The summed E-state index contributed by atoms with van der Waals surface area (Å²) in [6.45, 7) is 5.99. The summed E-state index contributed by atoms with van der Waals surface area (Å²) in [5, 5.41) is 65.5. The first-order valence-corrected chi connectivity index (χ1v) is 50.2. The molecule has 0 aliphatic carbocycles. The fraction of sp³-hybridized carbons (Fsp3) is 0.427. The van der Waals surface area contributed by atoms with Gasteiger partial charge in [0.25, 0.3) is 11.8 Å². The van der Waals surface area contributed by atoms with Crippen LogP contribution in [0.25, 0.3) is 0 Å². The lowest BCUT2D eigenvalue weighted by molar-refractivity contribution is -0.139. The summed E-state index contributed by atoms with van der Waals surface area (Å²) in [6.07, 6.45) is 11.5. The van der Waals surface area contributed by atoms with Crippen molar-refractivity contribution in [1.82, 2.24) is 69.1 Å². The maximum absolute atomic E-state index is 14.2. The number of rotatable bonds is 65. The van der Waals surface area contributed by atoms with Crippen LogP contribution in [0.4, 0.5) is 11.4 Å². The van der Waals surface area contributed by atoms with Crippen LogP contribution < -0.4 is 89.2 Å². The van der Waals surface area contributed by atoms with Crippen molar-refractivity contribution >= 4 is 100.0 Å². The van der Waals surface area contributed by atoms with Crippen LogP contribution in [0.5, 0.6) is 11.5 Å². The lowest BCUT2D eigenvalue weighted by Crippen LogP contribution is -2.57. The Kier molecular flexibility index (Phi) is 46.3. The highest BCUT2D eigenvalue weighted by Crippen LogP contribution is 2.41. The van der Waals surface area contributed by atoms with Crippen LogP contribution in [-0.2, 0) is 122 Å². The predicted octanol–water partition coefficient (Wildman–Crippen LogP) is 9.61. The van der Waals surface area contributed by atoms with Gasteiger partial charge in [-0.05, 0) is 161 Å². The van der Waals surface area contributed by atoms with Crippen molar-refractivity contribution in [3.8, 4) is 11.5 Å². The summed E-state index contributed by atoms with van der Waals surface area (Å²) < 4.78 is 11.9. The predicted molar refractivity (Wildman–Crippen MR) is 544 cm³/mol. The van der Waals surface area contributed by atoms with Gasteiger partial charge in [0.15, 0.2) is 11.2 Å². The van der Waals surface area contributed by atoms with Gasteiger partial charge in [0.1, 0.15) is 61.0 Å². The average molecular weight is 1980 g/mol. The molecule has 0 aromatic heterocycles. The minimum absolute atomic E-state index is 0.0111. The number of hydrogen-bond donors (Lipinski definition) is 17. The highest BCUT2D eigenvalue weighted by molar-refractivity contribution is 6.07. The molecule has 144 heavy (non-hydrogen) atoms. The van der Waals surface area contributed by atoms with Crippen molar-refractivity contribution in [2.45, 2.75) is 267 Å². The molecule has 0 bridgehead atoms. The molecular weight excluding hydrogens is 1840 g/mol. The molecule has 0 radical (unpaired) electrons. The second-order valence-corrected chi connectivity index (χ2v) is 36.6. The molecule has 8 aromatic carbocycles. The number of benzene rings is 8. The van der Waals surface area contributed by atoms with Crippen LogP contribution in [0.3, 0.4) is 0 Å². The molecule has 0 saturated heterocycles. The molecule has 15 amide bonds. The molecule has 0 saturated carbocycles. The lowest BCUT2D eigenvalue weighted by Gasteiger charge is -2.28. The van der Waals surface area contributed by atoms with Gasteiger partial charge < -0.3 is 99.4 Å². The van der Waals surface area contributed by atoms with Gasteiger partial charge in [-0.15, -0.1) is 0 Å². The number of carbonyl (C=O) groups is 15. The Hall–Kier alpha value is -14.7. The summed E-state index contributed by atoms with van der Waals surface area (Å²) in [7, 11) is 0. The maximum Gasteiger partial charge on any atom is 0.261 e. The molecular formula is C110H139N15O19. The summed E-state index contributed by atoms with van der Waals surface area (Å²) >= 11 is 0. The van der Waals surface area contributed by atoms with E-state index in [1.807, 2.05) is 72.8 Å². The second-order valence-electron chi connectivity index (χ2n) is 36.6. The van der Waals surface area contributed by atoms with E-state index in [-0.39, 0.29) is 85.9 Å². The highest BCUT2D eigenvalue weighted by Gasteiger charge is 2.50. The number of nitrogens with one attached hydrogen (secondary N) is 15. The summed E-state index contributed by atoms with van der Waals surface area (Å²) in [5.74, 6) is -6.01. The normalized spacial score (nSPS) is 15.0. The van der Waals surface area contributed by atoms with Gasteiger partial charge in [0.05, 0.1) is 0 Å². The van der Waals surface area contributed by atoms with Crippen molar-refractivity contribution in [2.75, 3.05) is 43.4 Å². The number of aliphatic hydroxyl groups is 2. The third-order valence-electron chi connectivity index (χ3n) is 25.0. The molecule has 8 aromatic rings. The van der Waals surface area contributed by atoms with Crippen LogP contribution in [0.15, 0.2) is 218 Å². The standard InChI is InChI=1S/C110H139N15O19/c1-76(101(133)122-92(103(135)116-72-80-36-12-3-13-37-80)70-109(141)86-44-25-27-46-88(86)124-107(109)139)118-105(137)90(68-78-55-59-84(60-56-78)143-74-82-40-16-5-17-41-82)120-99(131)53-24-11-35-67-114-97(129)51-22-9-33-65-112-95(127)49-20-7-31-63-111-94(126)48-21-8-32-64-113-96(128)50-23-10-34-66-115-98(130)52-29-30-54-100(132)121-91(69-79-57-61-85(62-58-79)144-75-83-42-18-6-19-43-83)106(138)119-77(2)102(134)123-93(104(136)117-73-81-38-14-4-15-39-81)71-110(142)87-45-26-28-47-89(87)125-108(110)140/h3-6,12-19,25-28,36-47,55-62,76-77,90-93,141-142H,7-11,20-24,29-35,48-54,63-75H2,1-2H3,(H,111,126)(H,112,127)(H,113,128)(H,114,129)(H,115,130)(H,116,135)(H,117,136)(H,118,137)(H,119,138)(H,120,131)(H,121,132)(H,122,133)(H,123,134)(H,124,139)(H,125,140)/t76-,77-,90-,91-,92-,93-,109+,110+/m0/s1. The van der Waals surface area contributed by atoms with E-state index in [1.165, 1.54) is 13.8 Å². The Bertz CT molecular complexity index is 5510. The minimum Gasteiger partial charge on any atom is -0.489 e. The molecule has 0 fully saturated rings. The summed E-state index contributed by atoms with van der Waals surface area (Å²) in [5.41, 5.74) is 1.67. The molecule has 2 aliphatic rings. The fourth-order valence-corrected chi connectivity index (χ4v) is 16.6. The van der Waals surface area contributed by atoms with Crippen molar-refractivity contribution in [3.05, 3.63) is 263 Å². The van der Waals surface area contributed by atoms with Gasteiger partial charge in [-0.3, -0.25) is 71.9 Å². The van der Waals surface area contributed by atoms with Crippen molar-refractivity contribution in [2.24, 2.45) is 0 Å². The molecule has 0 spiro atoms.